The summed E-state index contributed by atoms with van der Waals surface area (Å²) in [5.74, 6) is 0.327. The molecule has 116 valence electrons. The van der Waals surface area contributed by atoms with Crippen LogP contribution in [0.3, 0.4) is 0 Å². The predicted molar refractivity (Wildman–Crippen MR) is 82.9 cm³/mol. The lowest BCUT2D eigenvalue weighted by Gasteiger charge is -2.31. The van der Waals surface area contributed by atoms with Crippen molar-refractivity contribution in [1.82, 2.24) is 4.72 Å². The molecule has 0 fully saturated rings. The molecule has 0 saturated carbocycles. The van der Waals surface area contributed by atoms with E-state index in [0.717, 1.165) is 0 Å². The number of methoxy groups -OCH3 is 1. The molecular weight excluding hydrogens is 300 g/mol. The molecule has 0 unspecified atom stereocenters. The van der Waals surface area contributed by atoms with E-state index in [2.05, 4.69) is 4.72 Å². The van der Waals surface area contributed by atoms with E-state index in [-0.39, 0.29) is 23.8 Å². The minimum Gasteiger partial charge on any atom is -0.495 e. The van der Waals surface area contributed by atoms with Crippen molar-refractivity contribution < 1.29 is 13.2 Å². The molecule has 1 rings (SSSR count). The number of nitrogens with one attached hydrogen (secondary N) is 1. The normalized spacial score (nSPS) is 11.8. The number of para-hydroxylation sites is 1. The van der Waals surface area contributed by atoms with E-state index in [4.69, 9.17) is 10.5 Å². The van der Waals surface area contributed by atoms with Gasteiger partial charge in [0.1, 0.15) is 10.6 Å². The predicted octanol–water partition coefficient (Wildman–Crippen LogP) is 1.91. The lowest BCUT2D eigenvalue weighted by atomic mass is 9.95. The summed E-state index contributed by atoms with van der Waals surface area (Å²) in [5, 5.41) is 0. The van der Waals surface area contributed by atoms with Crippen molar-refractivity contribution in [1.29, 1.82) is 0 Å². The van der Waals surface area contributed by atoms with Gasteiger partial charge in [-0.05, 0) is 25.0 Å². The van der Waals surface area contributed by atoms with Gasteiger partial charge in [0.15, 0.2) is 0 Å². The number of hydrogen-bond donors (Lipinski definition) is 2. The molecule has 5 nitrogen and oxygen atoms in total. The van der Waals surface area contributed by atoms with Gasteiger partial charge in [-0.15, -0.1) is 12.4 Å². The topological polar surface area (TPSA) is 81.4 Å². The highest BCUT2D eigenvalue weighted by atomic mass is 35.5. The lowest BCUT2D eigenvalue weighted by molar-refractivity contribution is 0.360. The van der Waals surface area contributed by atoms with Gasteiger partial charge in [-0.3, -0.25) is 0 Å². The molecule has 7 heteroatoms. The first kappa shape index (κ1) is 19.2. The monoisotopic (exact) mass is 322 g/mol. The molecule has 0 bridgehead atoms. The minimum atomic E-state index is -3.65. The number of sulfonamides is 1. The van der Waals surface area contributed by atoms with Crippen molar-refractivity contribution in [2.75, 3.05) is 13.7 Å². The van der Waals surface area contributed by atoms with Gasteiger partial charge in [-0.2, -0.15) is 0 Å². The fourth-order valence-electron chi connectivity index (χ4n) is 1.91. The molecule has 0 aliphatic heterocycles. The summed E-state index contributed by atoms with van der Waals surface area (Å²) in [6, 6.07) is 6.54. The van der Waals surface area contributed by atoms with Gasteiger partial charge >= 0.3 is 0 Å². The second kappa shape index (κ2) is 7.83. The molecule has 0 aliphatic rings. The van der Waals surface area contributed by atoms with Crippen molar-refractivity contribution >= 4 is 22.4 Å². The standard InChI is InChI=1S/C13H22N2O3S.ClH/c1-4-13(5-2,10-14)15-19(16,17)12-9-7-6-8-11(12)18-3;/h6-9,15H,4-5,10,14H2,1-3H3;1H. The Balaban J connectivity index is 0.00000361. The summed E-state index contributed by atoms with van der Waals surface area (Å²) in [7, 11) is -2.20. The summed E-state index contributed by atoms with van der Waals surface area (Å²) < 4.78 is 32.7. The van der Waals surface area contributed by atoms with E-state index in [1.165, 1.54) is 13.2 Å². The molecule has 1 aromatic carbocycles. The fourth-order valence-corrected chi connectivity index (χ4v) is 3.63. The van der Waals surface area contributed by atoms with Crippen LogP contribution in [0.4, 0.5) is 0 Å². The number of hydrogen-bond acceptors (Lipinski definition) is 4. The number of nitrogens with two attached hydrogens (primary N) is 1. The molecule has 0 aromatic heterocycles. The third-order valence-electron chi connectivity index (χ3n) is 3.45. The minimum absolute atomic E-state index is 0. The molecule has 3 N–H and O–H groups in total. The Labute approximate surface area is 127 Å². The third kappa shape index (κ3) is 4.09. The number of benzene rings is 1. The first-order valence-corrected chi connectivity index (χ1v) is 7.80. The van der Waals surface area contributed by atoms with Crippen LogP contribution in [-0.4, -0.2) is 27.6 Å². The maximum Gasteiger partial charge on any atom is 0.244 e. The van der Waals surface area contributed by atoms with Crippen LogP contribution in [0.1, 0.15) is 26.7 Å². The second-order valence-electron chi connectivity index (χ2n) is 4.45. The van der Waals surface area contributed by atoms with Crippen molar-refractivity contribution in [3.63, 3.8) is 0 Å². The molecule has 1 aromatic rings. The average molecular weight is 323 g/mol. The largest absolute Gasteiger partial charge is 0.495 e. The van der Waals surface area contributed by atoms with Crippen molar-refractivity contribution in [3.05, 3.63) is 24.3 Å². The molecule has 0 radical (unpaired) electrons. The van der Waals surface area contributed by atoms with E-state index in [1.54, 1.807) is 18.2 Å². The molecule has 20 heavy (non-hydrogen) atoms. The SMILES string of the molecule is CCC(CC)(CN)NS(=O)(=O)c1ccccc1OC.Cl. The van der Waals surface area contributed by atoms with Crippen LogP contribution in [0.25, 0.3) is 0 Å². The summed E-state index contributed by atoms with van der Waals surface area (Å²) in [6.07, 6.45) is 1.27. The van der Waals surface area contributed by atoms with Gasteiger partial charge in [0.2, 0.25) is 10.0 Å². The zero-order valence-electron chi connectivity index (χ0n) is 12.0. The molecular formula is C13H23ClN2O3S. The fraction of sp³-hybridized carbons (Fsp3) is 0.538. The Kier molecular flexibility index (Phi) is 7.51. The Bertz CT molecular complexity index is 508. The first-order chi connectivity index (χ1) is 8.94. The zero-order chi connectivity index (χ0) is 14.5. The molecule has 0 saturated heterocycles. The third-order valence-corrected chi connectivity index (χ3v) is 5.07. The van der Waals surface area contributed by atoms with Gasteiger partial charge in [-0.1, -0.05) is 26.0 Å². The maximum atomic E-state index is 12.5. The van der Waals surface area contributed by atoms with Crippen LogP contribution in [0, 0.1) is 0 Å². The van der Waals surface area contributed by atoms with E-state index < -0.39 is 15.6 Å². The first-order valence-electron chi connectivity index (χ1n) is 6.31. The maximum absolute atomic E-state index is 12.5. The summed E-state index contributed by atoms with van der Waals surface area (Å²) in [4.78, 5) is 0.136. The lowest BCUT2D eigenvalue weighted by Crippen LogP contribution is -2.52. The van der Waals surface area contributed by atoms with Gasteiger partial charge in [0, 0.05) is 12.1 Å². The Morgan fingerprint density at radius 2 is 1.80 bits per heavy atom. The summed E-state index contributed by atoms with van der Waals surface area (Å²) >= 11 is 0. The number of ether oxygens (including phenoxy) is 1. The average Bonchev–Trinajstić information content (AvgIpc) is 2.45. The van der Waals surface area contributed by atoms with Crippen molar-refractivity contribution in [2.24, 2.45) is 5.73 Å². The molecule has 0 heterocycles. The van der Waals surface area contributed by atoms with Crippen LogP contribution >= 0.6 is 12.4 Å². The Morgan fingerprint density at radius 1 is 1.25 bits per heavy atom. The Hall–Kier alpha value is -0.820. The molecule has 0 aliphatic carbocycles. The number of halogens is 1. The molecule has 0 spiro atoms. The summed E-state index contributed by atoms with van der Waals surface area (Å²) in [6.45, 7) is 4.09. The highest BCUT2D eigenvalue weighted by molar-refractivity contribution is 7.89. The van der Waals surface area contributed by atoms with Crippen LogP contribution < -0.4 is 15.2 Å². The highest BCUT2D eigenvalue weighted by Gasteiger charge is 2.32. The van der Waals surface area contributed by atoms with Crippen molar-refractivity contribution in [2.45, 2.75) is 37.1 Å². The van der Waals surface area contributed by atoms with Crippen LogP contribution in [0.15, 0.2) is 29.2 Å². The van der Waals surface area contributed by atoms with E-state index in [0.29, 0.717) is 18.6 Å². The smallest absolute Gasteiger partial charge is 0.244 e. The van der Waals surface area contributed by atoms with E-state index in [1.807, 2.05) is 13.8 Å². The van der Waals surface area contributed by atoms with Crippen LogP contribution in [0.2, 0.25) is 0 Å². The van der Waals surface area contributed by atoms with E-state index in [9.17, 15) is 8.42 Å². The zero-order valence-corrected chi connectivity index (χ0v) is 13.7. The van der Waals surface area contributed by atoms with Gasteiger partial charge in [0.05, 0.1) is 7.11 Å². The van der Waals surface area contributed by atoms with Gasteiger partial charge in [-0.25, -0.2) is 13.1 Å². The van der Waals surface area contributed by atoms with Gasteiger partial charge < -0.3 is 10.5 Å². The van der Waals surface area contributed by atoms with Crippen LogP contribution in [0.5, 0.6) is 5.75 Å². The number of rotatable bonds is 7. The van der Waals surface area contributed by atoms with Crippen molar-refractivity contribution in [3.8, 4) is 5.75 Å². The Morgan fingerprint density at radius 3 is 2.25 bits per heavy atom. The van der Waals surface area contributed by atoms with Gasteiger partial charge in [0.25, 0.3) is 0 Å². The highest BCUT2D eigenvalue weighted by Crippen LogP contribution is 2.25. The van der Waals surface area contributed by atoms with Crippen LogP contribution in [-0.2, 0) is 10.0 Å². The summed E-state index contributed by atoms with van der Waals surface area (Å²) in [5.41, 5.74) is 5.11. The second-order valence-corrected chi connectivity index (χ2v) is 6.10. The van der Waals surface area contributed by atoms with E-state index >= 15 is 0 Å². The molecule has 0 atom stereocenters. The molecule has 0 amide bonds. The quantitative estimate of drug-likeness (QED) is 0.803.